The Labute approximate surface area is 149 Å². The minimum Gasteiger partial charge on any atom is -0.338 e. The number of rotatable bonds is 5. The molecule has 1 aliphatic rings. The normalized spacial score (nSPS) is 14.3. The van der Waals surface area contributed by atoms with E-state index in [9.17, 15) is 4.79 Å². The molecular weight excluding hydrogens is 334 g/mol. The molecule has 1 amide bonds. The van der Waals surface area contributed by atoms with Crippen molar-refractivity contribution in [2.24, 2.45) is 0 Å². The molecular formula is C18H17N5OS. The van der Waals surface area contributed by atoms with E-state index in [0.717, 1.165) is 16.2 Å². The molecule has 1 fully saturated rings. The molecule has 0 spiro atoms. The van der Waals surface area contributed by atoms with Gasteiger partial charge in [0.2, 0.25) is 5.91 Å². The van der Waals surface area contributed by atoms with E-state index in [-0.39, 0.29) is 11.9 Å². The van der Waals surface area contributed by atoms with Crippen molar-refractivity contribution >= 4 is 17.7 Å². The van der Waals surface area contributed by atoms with Gasteiger partial charge < -0.3 is 4.90 Å². The molecule has 7 heteroatoms. The molecule has 0 atom stereocenters. The third-order valence-electron chi connectivity index (χ3n) is 4.18. The van der Waals surface area contributed by atoms with Gasteiger partial charge in [-0.2, -0.15) is 0 Å². The van der Waals surface area contributed by atoms with Crippen LogP contribution >= 0.6 is 11.8 Å². The van der Waals surface area contributed by atoms with E-state index in [1.165, 1.54) is 11.8 Å². The van der Waals surface area contributed by atoms with Gasteiger partial charge in [0.15, 0.2) is 0 Å². The Morgan fingerprint density at radius 1 is 1.12 bits per heavy atom. The van der Waals surface area contributed by atoms with Crippen LogP contribution in [0.15, 0.2) is 66.0 Å². The van der Waals surface area contributed by atoms with Crippen molar-refractivity contribution < 1.29 is 4.79 Å². The first-order valence-electron chi connectivity index (χ1n) is 8.07. The number of thioether (sulfide) groups is 1. The van der Waals surface area contributed by atoms with E-state index in [4.69, 9.17) is 0 Å². The number of benzene rings is 1. The molecule has 126 valence electrons. The van der Waals surface area contributed by atoms with E-state index >= 15 is 0 Å². The summed E-state index contributed by atoms with van der Waals surface area (Å²) < 4.78 is 1.86. The lowest BCUT2D eigenvalue weighted by Crippen LogP contribution is -2.51. The number of likely N-dealkylation sites (tertiary alicyclic amines) is 1. The molecule has 3 aromatic rings. The Hall–Kier alpha value is -2.67. The summed E-state index contributed by atoms with van der Waals surface area (Å²) in [6.07, 6.45) is 5.43. The highest BCUT2D eigenvalue weighted by molar-refractivity contribution is 8.00. The van der Waals surface area contributed by atoms with Gasteiger partial charge in [0.25, 0.3) is 0 Å². The second-order valence-electron chi connectivity index (χ2n) is 5.87. The molecule has 0 unspecified atom stereocenters. The van der Waals surface area contributed by atoms with Crippen LogP contribution in [0.5, 0.6) is 0 Å². The summed E-state index contributed by atoms with van der Waals surface area (Å²) in [5.74, 6) is 0.602. The van der Waals surface area contributed by atoms with Crippen LogP contribution in [0.3, 0.4) is 0 Å². The van der Waals surface area contributed by atoms with Crippen molar-refractivity contribution in [2.45, 2.75) is 10.9 Å². The van der Waals surface area contributed by atoms with Crippen molar-refractivity contribution in [2.75, 3.05) is 18.8 Å². The van der Waals surface area contributed by atoms with Crippen LogP contribution in [0.4, 0.5) is 0 Å². The molecule has 0 aliphatic carbocycles. The predicted molar refractivity (Wildman–Crippen MR) is 96.0 cm³/mol. The van der Waals surface area contributed by atoms with Crippen LogP contribution in [-0.4, -0.2) is 49.6 Å². The third kappa shape index (κ3) is 3.56. The Morgan fingerprint density at radius 3 is 2.64 bits per heavy atom. The van der Waals surface area contributed by atoms with Gasteiger partial charge in [-0.15, -0.1) is 16.9 Å². The average molecular weight is 351 g/mol. The number of carbonyl (C=O) groups is 1. The van der Waals surface area contributed by atoms with Crippen molar-refractivity contribution in [1.82, 2.24) is 24.9 Å². The first-order chi connectivity index (χ1) is 12.3. The Bertz CT molecular complexity index is 846. The summed E-state index contributed by atoms with van der Waals surface area (Å²) in [7, 11) is 0. The highest BCUT2D eigenvalue weighted by Crippen LogP contribution is 2.25. The molecule has 1 aliphatic heterocycles. The maximum Gasteiger partial charge on any atom is 0.233 e. The number of amides is 1. The fourth-order valence-electron chi connectivity index (χ4n) is 2.69. The molecule has 0 N–H and O–H groups in total. The topological polar surface area (TPSA) is 63.9 Å². The monoisotopic (exact) mass is 351 g/mol. The second kappa shape index (κ2) is 7.06. The van der Waals surface area contributed by atoms with Crippen LogP contribution in [0.25, 0.3) is 11.3 Å². The SMILES string of the molecule is O=C(CSc1ccncc1)N1CC(n2cc(-c3ccccc3)nn2)C1. The lowest BCUT2D eigenvalue weighted by molar-refractivity contribution is -0.134. The van der Waals surface area contributed by atoms with Gasteiger partial charge in [0, 0.05) is 35.9 Å². The highest BCUT2D eigenvalue weighted by atomic mass is 32.2. The molecule has 0 bridgehead atoms. The highest BCUT2D eigenvalue weighted by Gasteiger charge is 2.32. The molecule has 4 rings (SSSR count). The van der Waals surface area contributed by atoms with E-state index in [1.54, 1.807) is 12.4 Å². The maximum atomic E-state index is 12.2. The molecule has 1 saturated heterocycles. The van der Waals surface area contributed by atoms with E-state index < -0.39 is 0 Å². The number of hydrogen-bond acceptors (Lipinski definition) is 5. The zero-order chi connectivity index (χ0) is 17.1. The van der Waals surface area contributed by atoms with Crippen LogP contribution in [0.2, 0.25) is 0 Å². The van der Waals surface area contributed by atoms with Crippen molar-refractivity contribution in [3.8, 4) is 11.3 Å². The van der Waals surface area contributed by atoms with Crippen molar-refractivity contribution in [1.29, 1.82) is 0 Å². The Kier molecular flexibility index (Phi) is 4.47. The van der Waals surface area contributed by atoms with E-state index in [2.05, 4.69) is 15.3 Å². The maximum absolute atomic E-state index is 12.2. The zero-order valence-electron chi connectivity index (χ0n) is 13.5. The average Bonchev–Trinajstić information content (AvgIpc) is 3.10. The Balaban J connectivity index is 1.30. The van der Waals surface area contributed by atoms with Crippen LogP contribution in [-0.2, 0) is 4.79 Å². The number of pyridine rings is 1. The van der Waals surface area contributed by atoms with Gasteiger partial charge in [-0.3, -0.25) is 9.78 Å². The van der Waals surface area contributed by atoms with E-state index in [1.807, 2.05) is 58.2 Å². The first-order valence-corrected chi connectivity index (χ1v) is 9.06. The van der Waals surface area contributed by atoms with Crippen LogP contribution in [0, 0.1) is 0 Å². The summed E-state index contributed by atoms with van der Waals surface area (Å²) in [5.41, 5.74) is 1.91. The number of hydrogen-bond donors (Lipinski definition) is 0. The van der Waals surface area contributed by atoms with Gasteiger partial charge in [-0.05, 0) is 12.1 Å². The minimum atomic E-state index is 0.154. The van der Waals surface area contributed by atoms with Crippen molar-refractivity contribution in [3.63, 3.8) is 0 Å². The predicted octanol–water partition coefficient (Wildman–Crippen LogP) is 2.52. The van der Waals surface area contributed by atoms with Crippen molar-refractivity contribution in [3.05, 3.63) is 61.1 Å². The molecule has 3 heterocycles. The van der Waals surface area contributed by atoms with Gasteiger partial charge in [-0.1, -0.05) is 35.5 Å². The number of aromatic nitrogens is 4. The molecule has 1 aromatic carbocycles. The molecule has 0 saturated carbocycles. The third-order valence-corrected chi connectivity index (χ3v) is 5.18. The van der Waals surface area contributed by atoms with Gasteiger partial charge in [0.1, 0.15) is 5.69 Å². The smallest absolute Gasteiger partial charge is 0.233 e. The number of carbonyl (C=O) groups excluding carboxylic acids is 1. The van der Waals surface area contributed by atoms with E-state index in [0.29, 0.717) is 18.8 Å². The minimum absolute atomic E-state index is 0.154. The zero-order valence-corrected chi connectivity index (χ0v) is 14.3. The van der Waals surface area contributed by atoms with Crippen LogP contribution < -0.4 is 0 Å². The summed E-state index contributed by atoms with van der Waals surface area (Å²) in [4.78, 5) is 19.1. The quantitative estimate of drug-likeness (QED) is 0.661. The fourth-order valence-corrected chi connectivity index (χ4v) is 3.48. The fraction of sp³-hybridized carbons (Fsp3) is 0.222. The second-order valence-corrected chi connectivity index (χ2v) is 6.92. The van der Waals surface area contributed by atoms with Crippen LogP contribution in [0.1, 0.15) is 6.04 Å². The molecule has 0 radical (unpaired) electrons. The van der Waals surface area contributed by atoms with Gasteiger partial charge in [0.05, 0.1) is 18.0 Å². The number of nitrogens with zero attached hydrogens (tertiary/aromatic N) is 5. The summed E-state index contributed by atoms with van der Waals surface area (Å²) in [5, 5.41) is 8.45. The molecule has 25 heavy (non-hydrogen) atoms. The summed E-state index contributed by atoms with van der Waals surface area (Å²) >= 11 is 1.54. The largest absolute Gasteiger partial charge is 0.338 e. The first kappa shape index (κ1) is 15.8. The lowest BCUT2D eigenvalue weighted by atomic mass is 10.1. The standard InChI is InChI=1S/C18H17N5OS/c24-18(13-25-16-6-8-19-9-7-16)22-10-15(11-22)23-12-17(20-21-23)14-4-2-1-3-5-14/h1-9,12,15H,10-11,13H2. The molecule has 6 nitrogen and oxygen atoms in total. The molecule has 2 aromatic heterocycles. The van der Waals surface area contributed by atoms with Gasteiger partial charge in [-0.25, -0.2) is 4.68 Å². The summed E-state index contributed by atoms with van der Waals surface area (Å²) in [6.45, 7) is 1.38. The lowest BCUT2D eigenvalue weighted by Gasteiger charge is -2.38. The van der Waals surface area contributed by atoms with Gasteiger partial charge >= 0.3 is 0 Å². The Morgan fingerprint density at radius 2 is 1.88 bits per heavy atom. The summed E-state index contributed by atoms with van der Waals surface area (Å²) in [6, 6.07) is 14.0.